The third-order valence-electron chi connectivity index (χ3n) is 4.40. The number of nitrogens with two attached hydrogens (primary N) is 1. The van der Waals surface area contributed by atoms with E-state index in [-0.39, 0.29) is 12.5 Å². The van der Waals surface area contributed by atoms with Crippen molar-refractivity contribution in [3.63, 3.8) is 0 Å². The number of hydrogen-bond acceptors (Lipinski definition) is 3. The van der Waals surface area contributed by atoms with Gasteiger partial charge in [0.1, 0.15) is 0 Å². The maximum atomic E-state index is 12.8. The smallest absolute Gasteiger partial charge is 0.342 e. The maximum absolute atomic E-state index is 12.8. The molecule has 0 radical (unpaired) electrons. The van der Waals surface area contributed by atoms with Crippen LogP contribution in [0.4, 0.5) is 13.2 Å². The van der Waals surface area contributed by atoms with Crippen molar-refractivity contribution in [2.75, 3.05) is 13.6 Å². The Morgan fingerprint density at radius 3 is 2.68 bits per heavy atom. The minimum absolute atomic E-state index is 0.0397. The number of carbonyl (C=O) groups is 1. The Bertz CT molecular complexity index is 804. The van der Waals surface area contributed by atoms with E-state index in [9.17, 15) is 18.0 Å². The molecule has 28 heavy (non-hydrogen) atoms. The molecule has 2 rings (SSSR count). The van der Waals surface area contributed by atoms with E-state index in [1.165, 1.54) is 18.2 Å². The van der Waals surface area contributed by atoms with E-state index in [1.54, 1.807) is 18.1 Å². The SMILES string of the molecule is CN(CCCCc1cccnc1)C(=O)/C=C/c1ccc(C(F)(F)F)cc1CN. The number of carbonyl (C=O) groups excluding carboxylic acids is 1. The quantitative estimate of drug-likeness (QED) is 0.545. The average Bonchev–Trinajstić information content (AvgIpc) is 2.69. The van der Waals surface area contributed by atoms with Gasteiger partial charge in [0.25, 0.3) is 0 Å². The summed E-state index contributed by atoms with van der Waals surface area (Å²) in [5, 5.41) is 0. The Morgan fingerprint density at radius 1 is 1.25 bits per heavy atom. The van der Waals surface area contributed by atoms with E-state index in [0.717, 1.165) is 37.0 Å². The van der Waals surface area contributed by atoms with Gasteiger partial charge in [-0.15, -0.1) is 0 Å². The predicted octanol–water partition coefficient (Wildman–Crippen LogP) is 4.05. The van der Waals surface area contributed by atoms with Gasteiger partial charge in [0.05, 0.1) is 5.56 Å². The van der Waals surface area contributed by atoms with Crippen LogP contribution >= 0.6 is 0 Å². The summed E-state index contributed by atoms with van der Waals surface area (Å²) in [6.07, 6.45) is 4.70. The number of pyridine rings is 1. The molecule has 0 saturated heterocycles. The van der Waals surface area contributed by atoms with E-state index in [1.807, 2.05) is 18.3 Å². The van der Waals surface area contributed by atoms with Crippen LogP contribution in [0.15, 0.2) is 48.8 Å². The second-order valence-electron chi connectivity index (χ2n) is 6.53. The van der Waals surface area contributed by atoms with Crippen molar-refractivity contribution < 1.29 is 18.0 Å². The number of unbranched alkanes of at least 4 members (excludes halogenated alkanes) is 1. The van der Waals surface area contributed by atoms with Crippen molar-refractivity contribution in [1.29, 1.82) is 0 Å². The lowest BCUT2D eigenvalue weighted by Gasteiger charge is -2.15. The number of rotatable bonds is 8. The molecule has 0 aliphatic carbocycles. The van der Waals surface area contributed by atoms with Crippen molar-refractivity contribution in [3.8, 4) is 0 Å². The summed E-state index contributed by atoms with van der Waals surface area (Å²) in [5.74, 6) is -0.204. The number of aromatic nitrogens is 1. The van der Waals surface area contributed by atoms with Gasteiger partial charge in [-0.25, -0.2) is 0 Å². The molecule has 150 valence electrons. The molecule has 1 aromatic carbocycles. The summed E-state index contributed by atoms with van der Waals surface area (Å²) >= 11 is 0. The van der Waals surface area contributed by atoms with E-state index in [4.69, 9.17) is 5.73 Å². The molecule has 0 atom stereocenters. The molecule has 0 unspecified atom stereocenters. The van der Waals surface area contributed by atoms with E-state index in [0.29, 0.717) is 17.7 Å². The van der Waals surface area contributed by atoms with Crippen LogP contribution < -0.4 is 5.73 Å². The van der Waals surface area contributed by atoms with E-state index < -0.39 is 11.7 Å². The number of benzene rings is 1. The van der Waals surface area contributed by atoms with Gasteiger partial charge in [0.2, 0.25) is 5.91 Å². The van der Waals surface area contributed by atoms with Gasteiger partial charge in [-0.2, -0.15) is 13.2 Å². The van der Waals surface area contributed by atoms with Crippen LogP contribution in [-0.4, -0.2) is 29.4 Å². The van der Waals surface area contributed by atoms with Crippen molar-refractivity contribution in [2.24, 2.45) is 5.73 Å². The zero-order valence-corrected chi connectivity index (χ0v) is 15.7. The number of nitrogens with zero attached hydrogens (tertiary/aromatic N) is 2. The summed E-state index contributed by atoms with van der Waals surface area (Å²) < 4.78 is 38.4. The van der Waals surface area contributed by atoms with Crippen molar-refractivity contribution in [3.05, 3.63) is 71.1 Å². The molecule has 0 aliphatic rings. The van der Waals surface area contributed by atoms with Crippen LogP contribution in [0, 0.1) is 0 Å². The highest BCUT2D eigenvalue weighted by Crippen LogP contribution is 2.30. The van der Waals surface area contributed by atoms with Gasteiger partial charge in [-0.1, -0.05) is 12.1 Å². The highest BCUT2D eigenvalue weighted by molar-refractivity contribution is 5.91. The molecule has 1 amide bonds. The average molecular weight is 391 g/mol. The molecule has 0 spiro atoms. The van der Waals surface area contributed by atoms with Gasteiger partial charge in [0, 0.05) is 38.6 Å². The summed E-state index contributed by atoms with van der Waals surface area (Å²) in [7, 11) is 1.70. The summed E-state index contributed by atoms with van der Waals surface area (Å²) in [5.41, 5.74) is 6.82. The first kappa shape index (κ1) is 21.6. The van der Waals surface area contributed by atoms with Crippen LogP contribution in [0.25, 0.3) is 6.08 Å². The minimum atomic E-state index is -4.42. The van der Waals surface area contributed by atoms with Crippen molar-refractivity contribution in [1.82, 2.24) is 9.88 Å². The van der Waals surface area contributed by atoms with Gasteiger partial charge in [-0.05, 0) is 60.2 Å². The lowest BCUT2D eigenvalue weighted by Crippen LogP contribution is -2.25. The first-order valence-corrected chi connectivity index (χ1v) is 9.03. The molecular formula is C21H24F3N3O. The monoisotopic (exact) mass is 391 g/mol. The maximum Gasteiger partial charge on any atom is 0.416 e. The molecule has 0 bridgehead atoms. The minimum Gasteiger partial charge on any atom is -0.342 e. The Hall–Kier alpha value is -2.67. The third kappa shape index (κ3) is 6.49. The van der Waals surface area contributed by atoms with Crippen LogP contribution in [0.3, 0.4) is 0 Å². The lowest BCUT2D eigenvalue weighted by atomic mass is 10.0. The Balaban J connectivity index is 1.88. The van der Waals surface area contributed by atoms with Crippen molar-refractivity contribution in [2.45, 2.75) is 32.0 Å². The lowest BCUT2D eigenvalue weighted by molar-refractivity contribution is -0.137. The molecule has 7 heteroatoms. The molecule has 0 fully saturated rings. The van der Waals surface area contributed by atoms with Crippen LogP contribution in [-0.2, 0) is 23.9 Å². The zero-order valence-electron chi connectivity index (χ0n) is 15.7. The van der Waals surface area contributed by atoms with E-state index >= 15 is 0 Å². The molecule has 0 saturated carbocycles. The fraction of sp³-hybridized carbons (Fsp3) is 0.333. The molecule has 1 aromatic heterocycles. The van der Waals surface area contributed by atoms with Gasteiger partial charge in [-0.3, -0.25) is 9.78 Å². The van der Waals surface area contributed by atoms with E-state index in [2.05, 4.69) is 4.98 Å². The first-order valence-electron chi connectivity index (χ1n) is 9.03. The third-order valence-corrected chi connectivity index (χ3v) is 4.40. The van der Waals surface area contributed by atoms with Crippen LogP contribution in [0.2, 0.25) is 0 Å². The molecule has 4 nitrogen and oxygen atoms in total. The van der Waals surface area contributed by atoms with Crippen LogP contribution in [0.5, 0.6) is 0 Å². The van der Waals surface area contributed by atoms with Gasteiger partial charge >= 0.3 is 6.18 Å². The number of aryl methyl sites for hydroxylation is 1. The summed E-state index contributed by atoms with van der Waals surface area (Å²) in [6, 6.07) is 7.26. The first-order chi connectivity index (χ1) is 13.3. The number of likely N-dealkylation sites (N-methyl/N-ethyl adjacent to an activating group) is 1. The highest BCUT2D eigenvalue weighted by atomic mass is 19.4. The Labute approximate surface area is 162 Å². The topological polar surface area (TPSA) is 59.2 Å². The number of alkyl halides is 3. The molecule has 1 heterocycles. The van der Waals surface area contributed by atoms with Gasteiger partial charge < -0.3 is 10.6 Å². The second kappa shape index (κ2) is 10.0. The molecule has 0 aliphatic heterocycles. The largest absolute Gasteiger partial charge is 0.416 e. The molecule has 2 N–H and O–H groups in total. The number of halogens is 3. The summed E-state index contributed by atoms with van der Waals surface area (Å²) in [4.78, 5) is 17.9. The standard InChI is InChI=1S/C21H24F3N3O/c1-27(12-3-2-5-16-6-4-11-26-15-16)20(28)10-8-17-7-9-19(21(22,23)24)13-18(17)14-25/h4,6-11,13,15H,2-3,5,12,14,25H2,1H3/b10-8+. The molecule has 2 aromatic rings. The fourth-order valence-electron chi connectivity index (χ4n) is 2.74. The number of amides is 1. The highest BCUT2D eigenvalue weighted by Gasteiger charge is 2.30. The van der Waals surface area contributed by atoms with Crippen molar-refractivity contribution >= 4 is 12.0 Å². The zero-order chi connectivity index (χ0) is 20.6. The van der Waals surface area contributed by atoms with Gasteiger partial charge in [0.15, 0.2) is 0 Å². The molecular weight excluding hydrogens is 367 g/mol. The summed E-state index contributed by atoms with van der Waals surface area (Å²) in [6.45, 7) is 0.558. The second-order valence-corrected chi connectivity index (χ2v) is 6.53. The normalized spacial score (nSPS) is 11.8. The number of hydrogen-bond donors (Lipinski definition) is 1. The Kier molecular flexibility index (Phi) is 7.75. The Morgan fingerprint density at radius 2 is 2.04 bits per heavy atom. The predicted molar refractivity (Wildman–Crippen MR) is 103 cm³/mol. The fourth-order valence-corrected chi connectivity index (χ4v) is 2.74. The van der Waals surface area contributed by atoms with Crippen LogP contribution in [0.1, 0.15) is 35.1 Å².